The van der Waals surface area contributed by atoms with E-state index in [-0.39, 0.29) is 5.91 Å². The van der Waals surface area contributed by atoms with Crippen LogP contribution in [0.15, 0.2) is 30.3 Å². The number of carbonyl (C=O) groups excluding carboxylic acids is 1. The minimum absolute atomic E-state index is 0.205. The molecule has 3 heteroatoms. The van der Waals surface area contributed by atoms with Gasteiger partial charge in [0.1, 0.15) is 0 Å². The summed E-state index contributed by atoms with van der Waals surface area (Å²) in [5, 5.41) is 3.12. The fraction of sp³-hybridized carbons (Fsp3) is 0.417. The molecule has 1 fully saturated rings. The van der Waals surface area contributed by atoms with Crippen molar-refractivity contribution in [2.45, 2.75) is 13.0 Å². The zero-order valence-electron chi connectivity index (χ0n) is 8.78. The van der Waals surface area contributed by atoms with E-state index in [0.29, 0.717) is 6.54 Å². The van der Waals surface area contributed by atoms with E-state index in [9.17, 15) is 4.79 Å². The fourth-order valence-electron chi connectivity index (χ4n) is 1.80. The molecule has 0 aliphatic carbocycles. The first kappa shape index (κ1) is 10.2. The molecule has 1 aromatic carbocycles. The van der Waals surface area contributed by atoms with Crippen LogP contribution in [0.3, 0.4) is 0 Å². The molecule has 1 amide bonds. The van der Waals surface area contributed by atoms with Crippen LogP contribution in [0, 0.1) is 0 Å². The molecule has 2 rings (SSSR count). The second kappa shape index (κ2) is 4.94. The molecule has 1 aromatic rings. The highest BCUT2D eigenvalue weighted by molar-refractivity contribution is 5.78. The molecule has 1 N–H and O–H groups in total. The Bertz CT molecular complexity index is 324. The van der Waals surface area contributed by atoms with Gasteiger partial charge in [0.25, 0.3) is 0 Å². The number of rotatable bonds is 2. The maximum atomic E-state index is 11.7. The van der Waals surface area contributed by atoms with Crippen LogP contribution in [0.5, 0.6) is 0 Å². The van der Waals surface area contributed by atoms with Crippen LogP contribution in [-0.2, 0) is 11.3 Å². The molecular weight excluding hydrogens is 188 g/mol. The zero-order valence-corrected chi connectivity index (χ0v) is 8.78. The van der Waals surface area contributed by atoms with Crippen LogP contribution in [0.2, 0.25) is 0 Å². The van der Waals surface area contributed by atoms with Gasteiger partial charge < -0.3 is 10.2 Å². The Balaban J connectivity index is 2.01. The number of nitrogens with zero attached hydrogens (tertiary/aromatic N) is 1. The Morgan fingerprint density at radius 3 is 2.87 bits per heavy atom. The summed E-state index contributed by atoms with van der Waals surface area (Å²) < 4.78 is 0. The number of hydrogen-bond donors (Lipinski definition) is 1. The van der Waals surface area contributed by atoms with Gasteiger partial charge in [-0.1, -0.05) is 30.3 Å². The summed E-state index contributed by atoms with van der Waals surface area (Å²) in [4.78, 5) is 13.6. The topological polar surface area (TPSA) is 32.3 Å². The van der Waals surface area contributed by atoms with E-state index in [1.165, 1.54) is 5.56 Å². The summed E-state index contributed by atoms with van der Waals surface area (Å²) in [6.45, 7) is 3.02. The lowest BCUT2D eigenvalue weighted by atomic mass is 10.2. The van der Waals surface area contributed by atoms with Gasteiger partial charge in [0.2, 0.25) is 5.91 Å². The number of benzene rings is 1. The van der Waals surface area contributed by atoms with Crippen molar-refractivity contribution in [1.82, 2.24) is 10.2 Å². The van der Waals surface area contributed by atoms with Crippen molar-refractivity contribution in [1.29, 1.82) is 0 Å². The normalized spacial score (nSPS) is 17.6. The Labute approximate surface area is 90.1 Å². The maximum Gasteiger partial charge on any atom is 0.236 e. The van der Waals surface area contributed by atoms with Crippen molar-refractivity contribution in [3.8, 4) is 0 Å². The van der Waals surface area contributed by atoms with Crippen LogP contribution < -0.4 is 5.32 Å². The van der Waals surface area contributed by atoms with Gasteiger partial charge in [0.15, 0.2) is 0 Å². The van der Waals surface area contributed by atoms with E-state index < -0.39 is 0 Å². The van der Waals surface area contributed by atoms with Crippen molar-refractivity contribution in [3.05, 3.63) is 35.9 Å². The number of nitrogens with one attached hydrogen (secondary N) is 1. The number of hydrogen-bond acceptors (Lipinski definition) is 2. The first-order valence-electron chi connectivity index (χ1n) is 5.39. The van der Waals surface area contributed by atoms with Gasteiger partial charge in [-0.25, -0.2) is 0 Å². The third-order valence-electron chi connectivity index (χ3n) is 2.63. The summed E-state index contributed by atoms with van der Waals surface area (Å²) in [5.74, 6) is 0.205. The summed E-state index contributed by atoms with van der Waals surface area (Å²) in [6.07, 6.45) is 1.04. The maximum absolute atomic E-state index is 11.7. The third-order valence-corrected chi connectivity index (χ3v) is 2.63. The molecular formula is C12H16N2O. The molecule has 0 saturated carbocycles. The highest BCUT2D eigenvalue weighted by Gasteiger charge is 2.15. The fourth-order valence-corrected chi connectivity index (χ4v) is 1.80. The molecule has 0 radical (unpaired) electrons. The average molecular weight is 204 g/mol. The quantitative estimate of drug-likeness (QED) is 0.779. The largest absolute Gasteiger partial charge is 0.337 e. The molecule has 1 aliphatic rings. The molecule has 0 aromatic heterocycles. The molecule has 15 heavy (non-hydrogen) atoms. The lowest BCUT2D eigenvalue weighted by molar-refractivity contribution is -0.130. The molecule has 0 atom stereocenters. The zero-order chi connectivity index (χ0) is 10.5. The molecule has 1 saturated heterocycles. The first-order chi connectivity index (χ1) is 7.36. The molecule has 0 bridgehead atoms. The predicted octanol–water partition coefficient (Wildman–Crippen LogP) is 1.01. The van der Waals surface area contributed by atoms with Crippen LogP contribution in [-0.4, -0.2) is 30.4 Å². The summed E-state index contributed by atoms with van der Waals surface area (Å²) >= 11 is 0. The Hall–Kier alpha value is -1.35. The van der Waals surface area contributed by atoms with Gasteiger partial charge in [0, 0.05) is 13.1 Å². The van der Waals surface area contributed by atoms with Gasteiger partial charge >= 0.3 is 0 Å². The average Bonchev–Trinajstić information content (AvgIpc) is 2.46. The summed E-state index contributed by atoms with van der Waals surface area (Å²) in [6, 6.07) is 10.1. The van der Waals surface area contributed by atoms with Crippen LogP contribution >= 0.6 is 0 Å². The van der Waals surface area contributed by atoms with E-state index >= 15 is 0 Å². The van der Waals surface area contributed by atoms with Crippen molar-refractivity contribution < 1.29 is 4.79 Å². The third kappa shape index (κ3) is 2.80. The minimum Gasteiger partial charge on any atom is -0.337 e. The second-order valence-electron chi connectivity index (χ2n) is 3.83. The van der Waals surface area contributed by atoms with E-state index in [1.807, 2.05) is 23.1 Å². The molecule has 1 heterocycles. The van der Waals surface area contributed by atoms with E-state index in [0.717, 1.165) is 26.1 Å². The Morgan fingerprint density at radius 1 is 1.27 bits per heavy atom. The van der Waals surface area contributed by atoms with Gasteiger partial charge in [-0.15, -0.1) is 0 Å². The summed E-state index contributed by atoms with van der Waals surface area (Å²) in [5.41, 5.74) is 1.20. The van der Waals surface area contributed by atoms with Crippen molar-refractivity contribution in [3.63, 3.8) is 0 Å². The SMILES string of the molecule is O=C1CNCCCN1Cc1ccccc1. The van der Waals surface area contributed by atoms with E-state index in [1.54, 1.807) is 0 Å². The van der Waals surface area contributed by atoms with Crippen LogP contribution in [0.4, 0.5) is 0 Å². The smallest absolute Gasteiger partial charge is 0.236 e. The lowest BCUT2D eigenvalue weighted by Gasteiger charge is -2.20. The van der Waals surface area contributed by atoms with Gasteiger partial charge in [-0.05, 0) is 18.5 Å². The van der Waals surface area contributed by atoms with Gasteiger partial charge in [-0.2, -0.15) is 0 Å². The van der Waals surface area contributed by atoms with Crippen LogP contribution in [0.25, 0.3) is 0 Å². The summed E-state index contributed by atoms with van der Waals surface area (Å²) in [7, 11) is 0. The van der Waals surface area contributed by atoms with Crippen molar-refractivity contribution in [2.24, 2.45) is 0 Å². The Morgan fingerprint density at radius 2 is 2.07 bits per heavy atom. The van der Waals surface area contributed by atoms with Gasteiger partial charge in [-0.3, -0.25) is 4.79 Å². The van der Waals surface area contributed by atoms with Gasteiger partial charge in [0.05, 0.1) is 6.54 Å². The van der Waals surface area contributed by atoms with E-state index in [4.69, 9.17) is 0 Å². The molecule has 80 valence electrons. The standard InChI is InChI=1S/C12H16N2O/c15-12-9-13-7-4-8-14(12)10-11-5-2-1-3-6-11/h1-3,5-6,13H,4,7-10H2. The molecule has 0 unspecified atom stereocenters. The molecule has 0 spiro atoms. The highest BCUT2D eigenvalue weighted by atomic mass is 16.2. The Kier molecular flexibility index (Phi) is 3.35. The second-order valence-corrected chi connectivity index (χ2v) is 3.83. The van der Waals surface area contributed by atoms with E-state index in [2.05, 4.69) is 17.4 Å². The number of carbonyl (C=O) groups is 1. The first-order valence-corrected chi connectivity index (χ1v) is 5.39. The molecule has 1 aliphatic heterocycles. The molecule has 3 nitrogen and oxygen atoms in total. The predicted molar refractivity (Wildman–Crippen MR) is 59.3 cm³/mol. The number of amides is 1. The van der Waals surface area contributed by atoms with Crippen molar-refractivity contribution >= 4 is 5.91 Å². The lowest BCUT2D eigenvalue weighted by Crippen LogP contribution is -2.34. The van der Waals surface area contributed by atoms with Crippen molar-refractivity contribution in [2.75, 3.05) is 19.6 Å². The van der Waals surface area contributed by atoms with Crippen LogP contribution in [0.1, 0.15) is 12.0 Å². The highest BCUT2D eigenvalue weighted by Crippen LogP contribution is 2.06. The minimum atomic E-state index is 0.205. The monoisotopic (exact) mass is 204 g/mol.